The van der Waals surface area contributed by atoms with E-state index in [4.69, 9.17) is 0 Å². The lowest BCUT2D eigenvalue weighted by Gasteiger charge is -2.41. The first kappa shape index (κ1) is 14.4. The van der Waals surface area contributed by atoms with Gasteiger partial charge in [0.15, 0.2) is 0 Å². The average molecular weight is 266 g/mol. The molecular weight excluding hydrogens is 240 g/mol. The van der Waals surface area contributed by atoms with Gasteiger partial charge in [-0.25, -0.2) is 0 Å². The summed E-state index contributed by atoms with van der Waals surface area (Å²) in [7, 11) is 0. The Kier molecular flexibility index (Phi) is 4.48. The summed E-state index contributed by atoms with van der Waals surface area (Å²) in [5.41, 5.74) is -0.0709. The van der Waals surface area contributed by atoms with Gasteiger partial charge in [0.05, 0.1) is 0 Å². The summed E-state index contributed by atoms with van der Waals surface area (Å²) in [6.45, 7) is 5.10. The Morgan fingerprint density at radius 2 is 2.00 bits per heavy atom. The van der Waals surface area contributed by atoms with Crippen molar-refractivity contribution in [2.45, 2.75) is 70.9 Å². The molecule has 2 atom stereocenters. The van der Waals surface area contributed by atoms with E-state index in [-0.39, 0.29) is 17.4 Å². The van der Waals surface area contributed by atoms with Gasteiger partial charge >= 0.3 is 0 Å². The molecule has 1 saturated heterocycles. The van der Waals surface area contributed by atoms with Crippen LogP contribution in [0.4, 0.5) is 0 Å². The maximum absolute atomic E-state index is 12.8. The summed E-state index contributed by atoms with van der Waals surface area (Å²) in [5, 5.41) is 2.82. The van der Waals surface area contributed by atoms with Gasteiger partial charge in [-0.1, -0.05) is 26.2 Å². The molecule has 0 spiro atoms. The zero-order valence-electron chi connectivity index (χ0n) is 12.2. The topological polar surface area (TPSA) is 49.4 Å². The summed E-state index contributed by atoms with van der Waals surface area (Å²) in [4.78, 5) is 25.6. The van der Waals surface area contributed by atoms with Crippen molar-refractivity contribution < 1.29 is 9.59 Å². The second kappa shape index (κ2) is 5.93. The van der Waals surface area contributed by atoms with Crippen LogP contribution in [0.25, 0.3) is 0 Å². The van der Waals surface area contributed by atoms with E-state index >= 15 is 0 Å². The Morgan fingerprint density at radius 1 is 1.32 bits per heavy atom. The van der Waals surface area contributed by atoms with Crippen LogP contribution in [0.5, 0.6) is 0 Å². The van der Waals surface area contributed by atoms with Gasteiger partial charge in [-0.3, -0.25) is 9.59 Å². The first-order valence-electron chi connectivity index (χ1n) is 7.59. The molecule has 2 amide bonds. The van der Waals surface area contributed by atoms with Gasteiger partial charge < -0.3 is 10.2 Å². The average Bonchev–Trinajstić information content (AvgIpc) is 2.82. The van der Waals surface area contributed by atoms with Gasteiger partial charge in [-0.2, -0.15) is 0 Å². The molecule has 4 nitrogen and oxygen atoms in total. The Labute approximate surface area is 115 Å². The van der Waals surface area contributed by atoms with E-state index in [0.717, 1.165) is 45.1 Å². The number of likely N-dealkylation sites (tertiary alicyclic amines) is 1. The first-order chi connectivity index (χ1) is 9.08. The fourth-order valence-electron chi connectivity index (χ4n) is 3.71. The molecule has 0 aromatic rings. The number of rotatable bonds is 4. The van der Waals surface area contributed by atoms with E-state index < -0.39 is 0 Å². The van der Waals surface area contributed by atoms with Crippen LogP contribution in [-0.2, 0) is 9.59 Å². The van der Waals surface area contributed by atoms with Crippen molar-refractivity contribution in [3.63, 3.8) is 0 Å². The molecule has 2 aliphatic rings. The maximum atomic E-state index is 12.8. The van der Waals surface area contributed by atoms with Crippen LogP contribution in [0.15, 0.2) is 0 Å². The molecule has 2 unspecified atom stereocenters. The largest absolute Gasteiger partial charge is 0.346 e. The zero-order chi connectivity index (χ0) is 13.9. The van der Waals surface area contributed by atoms with E-state index in [2.05, 4.69) is 19.2 Å². The lowest BCUT2D eigenvalue weighted by atomic mass is 9.70. The van der Waals surface area contributed by atoms with E-state index in [9.17, 15) is 9.59 Å². The number of nitrogens with zero attached hydrogens (tertiary/aromatic N) is 1. The SMILES string of the molecule is CC1CCCN1C(=O)C(NC=O)C1(C)CCCCC1. The van der Waals surface area contributed by atoms with Gasteiger partial charge in [-0.05, 0) is 38.0 Å². The van der Waals surface area contributed by atoms with Crippen molar-refractivity contribution >= 4 is 12.3 Å². The number of carbonyl (C=O) groups excluding carboxylic acids is 2. The highest BCUT2D eigenvalue weighted by Gasteiger charge is 2.42. The number of amides is 2. The molecule has 4 heteroatoms. The second-order valence-corrected chi connectivity index (χ2v) is 6.46. The van der Waals surface area contributed by atoms with Crippen molar-refractivity contribution in [2.75, 3.05) is 6.54 Å². The van der Waals surface area contributed by atoms with Crippen LogP contribution in [-0.4, -0.2) is 35.8 Å². The predicted octanol–water partition coefficient (Wildman–Crippen LogP) is 2.08. The standard InChI is InChI=1S/C15H26N2O2/c1-12-7-6-10-17(12)14(19)13(16-11-18)15(2)8-4-3-5-9-15/h11-13H,3-10H2,1-2H3,(H,16,18). The van der Waals surface area contributed by atoms with Gasteiger partial charge in [0, 0.05) is 12.6 Å². The lowest BCUT2D eigenvalue weighted by Crippen LogP contribution is -2.55. The smallest absolute Gasteiger partial charge is 0.245 e. The fourth-order valence-corrected chi connectivity index (χ4v) is 3.71. The van der Waals surface area contributed by atoms with E-state index in [1.807, 2.05) is 4.90 Å². The Bertz CT molecular complexity index is 337. The van der Waals surface area contributed by atoms with Gasteiger partial charge in [0.25, 0.3) is 0 Å². The first-order valence-corrected chi connectivity index (χ1v) is 7.59. The third-order valence-electron chi connectivity index (χ3n) is 5.01. The highest BCUT2D eigenvalue weighted by atomic mass is 16.2. The third-order valence-corrected chi connectivity index (χ3v) is 5.01. The molecule has 1 aliphatic carbocycles. The normalized spacial score (nSPS) is 27.9. The molecule has 0 bridgehead atoms. The van der Waals surface area contributed by atoms with Crippen LogP contribution in [0.2, 0.25) is 0 Å². The Hall–Kier alpha value is -1.06. The molecule has 1 heterocycles. The van der Waals surface area contributed by atoms with Crippen molar-refractivity contribution in [3.05, 3.63) is 0 Å². The van der Waals surface area contributed by atoms with E-state index in [0.29, 0.717) is 12.5 Å². The minimum absolute atomic E-state index is 0.0709. The van der Waals surface area contributed by atoms with Gasteiger partial charge in [-0.15, -0.1) is 0 Å². The predicted molar refractivity (Wildman–Crippen MR) is 74.6 cm³/mol. The van der Waals surface area contributed by atoms with Crippen LogP contribution in [0.3, 0.4) is 0 Å². The molecular formula is C15H26N2O2. The highest BCUT2D eigenvalue weighted by molar-refractivity contribution is 5.85. The van der Waals surface area contributed by atoms with Crippen molar-refractivity contribution in [3.8, 4) is 0 Å². The molecule has 1 aliphatic heterocycles. The molecule has 19 heavy (non-hydrogen) atoms. The fraction of sp³-hybridized carbons (Fsp3) is 0.867. The van der Waals surface area contributed by atoms with Crippen molar-refractivity contribution in [1.82, 2.24) is 10.2 Å². The molecule has 2 rings (SSSR count). The molecule has 0 radical (unpaired) electrons. The van der Waals surface area contributed by atoms with Crippen LogP contribution in [0, 0.1) is 5.41 Å². The second-order valence-electron chi connectivity index (χ2n) is 6.46. The summed E-state index contributed by atoms with van der Waals surface area (Å²) < 4.78 is 0. The number of nitrogens with one attached hydrogen (secondary N) is 1. The molecule has 108 valence electrons. The minimum atomic E-state index is -0.342. The third kappa shape index (κ3) is 2.93. The summed E-state index contributed by atoms with van der Waals surface area (Å²) in [5.74, 6) is 0.126. The zero-order valence-corrected chi connectivity index (χ0v) is 12.2. The minimum Gasteiger partial charge on any atom is -0.346 e. The highest BCUT2D eigenvalue weighted by Crippen LogP contribution is 2.39. The molecule has 0 aromatic carbocycles. The lowest BCUT2D eigenvalue weighted by molar-refractivity contribution is -0.139. The molecule has 2 fully saturated rings. The van der Waals surface area contributed by atoms with Crippen LogP contribution in [0.1, 0.15) is 58.8 Å². The molecule has 1 N–H and O–H groups in total. The monoisotopic (exact) mass is 266 g/mol. The van der Waals surface area contributed by atoms with Crippen LogP contribution >= 0.6 is 0 Å². The maximum Gasteiger partial charge on any atom is 0.245 e. The quantitative estimate of drug-likeness (QED) is 0.792. The number of hydrogen-bond donors (Lipinski definition) is 1. The van der Waals surface area contributed by atoms with Gasteiger partial charge in [0.1, 0.15) is 6.04 Å². The van der Waals surface area contributed by atoms with Crippen LogP contribution < -0.4 is 5.32 Å². The van der Waals surface area contributed by atoms with Crippen molar-refractivity contribution in [2.24, 2.45) is 5.41 Å². The molecule has 1 saturated carbocycles. The Morgan fingerprint density at radius 3 is 2.53 bits per heavy atom. The molecule has 0 aromatic heterocycles. The number of hydrogen-bond acceptors (Lipinski definition) is 2. The summed E-state index contributed by atoms with van der Waals surface area (Å²) in [6.07, 6.45) is 8.50. The summed E-state index contributed by atoms with van der Waals surface area (Å²) in [6, 6.07) is -0.0264. The summed E-state index contributed by atoms with van der Waals surface area (Å²) >= 11 is 0. The van der Waals surface area contributed by atoms with Gasteiger partial charge in [0.2, 0.25) is 12.3 Å². The van der Waals surface area contributed by atoms with Crippen molar-refractivity contribution in [1.29, 1.82) is 0 Å². The Balaban J connectivity index is 2.14. The van der Waals surface area contributed by atoms with E-state index in [1.165, 1.54) is 6.42 Å². The number of carbonyl (C=O) groups is 2. The van der Waals surface area contributed by atoms with E-state index in [1.54, 1.807) is 0 Å².